The molecule has 30 heavy (non-hydrogen) atoms. The number of aromatic nitrogens is 3. The number of rotatable bonds is 3. The molecule has 1 aliphatic heterocycles. The number of fused-ring (bicyclic) bond motifs is 3. The van der Waals surface area contributed by atoms with Crippen molar-refractivity contribution in [3.05, 3.63) is 65.7 Å². The summed E-state index contributed by atoms with van der Waals surface area (Å²) in [5.74, 6) is -1.04. The number of carbonyl (C=O) groups is 1. The van der Waals surface area contributed by atoms with Crippen molar-refractivity contribution in [3.8, 4) is 22.9 Å². The number of anilines is 1. The molecule has 1 amide bonds. The van der Waals surface area contributed by atoms with Gasteiger partial charge in [-0.3, -0.25) is 4.79 Å². The van der Waals surface area contributed by atoms with Gasteiger partial charge in [0.2, 0.25) is 11.7 Å². The molecule has 0 radical (unpaired) electrons. The van der Waals surface area contributed by atoms with Crippen LogP contribution in [0.1, 0.15) is 23.5 Å². The summed E-state index contributed by atoms with van der Waals surface area (Å²) >= 11 is 0. The summed E-state index contributed by atoms with van der Waals surface area (Å²) in [7, 11) is 1.41. The summed E-state index contributed by atoms with van der Waals surface area (Å²) in [6.45, 7) is 0. The fourth-order valence-corrected chi connectivity index (χ4v) is 3.88. The molecule has 150 valence electrons. The molecule has 3 aromatic carbocycles. The second kappa shape index (κ2) is 6.77. The minimum absolute atomic E-state index is 0.137. The van der Waals surface area contributed by atoms with Crippen molar-refractivity contribution in [1.82, 2.24) is 15.0 Å². The third-order valence-electron chi connectivity index (χ3n) is 5.29. The van der Waals surface area contributed by atoms with Gasteiger partial charge in [0.1, 0.15) is 11.0 Å². The molecule has 8 nitrogen and oxygen atoms in total. The van der Waals surface area contributed by atoms with Crippen molar-refractivity contribution in [2.75, 3.05) is 12.4 Å². The Morgan fingerprint density at radius 1 is 1.10 bits per heavy atom. The van der Waals surface area contributed by atoms with Gasteiger partial charge in [0.15, 0.2) is 11.5 Å². The van der Waals surface area contributed by atoms with Gasteiger partial charge in [0, 0.05) is 23.6 Å². The standard InChI is InChI=1S/C22H18N4O4/c1-30-18-10-12(9-17(27)22(18)29)14-11-19(28)23-15-7-8-16-21(20(14)15)25-26(24-16)13-5-3-2-4-6-13/h2-10,14,27,29H,11H2,1H3,(H,23,28)/t14-/m1/s1. The van der Waals surface area contributed by atoms with E-state index in [2.05, 4.69) is 10.4 Å². The van der Waals surface area contributed by atoms with E-state index in [0.717, 1.165) is 11.3 Å². The fraction of sp³-hybridized carbons (Fsp3) is 0.136. The molecule has 1 aliphatic rings. The maximum atomic E-state index is 12.4. The van der Waals surface area contributed by atoms with E-state index in [0.29, 0.717) is 22.3 Å². The minimum Gasteiger partial charge on any atom is -0.504 e. The van der Waals surface area contributed by atoms with Crippen molar-refractivity contribution in [1.29, 1.82) is 0 Å². The predicted octanol–water partition coefficient (Wildman–Crippen LogP) is 3.31. The zero-order valence-electron chi connectivity index (χ0n) is 16.0. The summed E-state index contributed by atoms with van der Waals surface area (Å²) in [5, 5.41) is 32.3. The van der Waals surface area contributed by atoms with Crippen LogP contribution in [-0.4, -0.2) is 38.2 Å². The number of nitrogens with one attached hydrogen (secondary N) is 1. The zero-order chi connectivity index (χ0) is 20.8. The predicted molar refractivity (Wildman–Crippen MR) is 110 cm³/mol. The molecule has 0 fully saturated rings. The normalized spacial score (nSPS) is 15.6. The Morgan fingerprint density at radius 2 is 1.90 bits per heavy atom. The first-order valence-electron chi connectivity index (χ1n) is 9.40. The van der Waals surface area contributed by atoms with Crippen LogP contribution in [0, 0.1) is 0 Å². The summed E-state index contributed by atoms with van der Waals surface area (Å²) in [6, 6.07) is 16.3. The molecule has 4 aromatic rings. The van der Waals surface area contributed by atoms with E-state index in [4.69, 9.17) is 9.84 Å². The van der Waals surface area contributed by atoms with Gasteiger partial charge in [-0.1, -0.05) is 18.2 Å². The van der Waals surface area contributed by atoms with Crippen LogP contribution in [0.3, 0.4) is 0 Å². The lowest BCUT2D eigenvalue weighted by Crippen LogP contribution is -2.23. The lowest BCUT2D eigenvalue weighted by Gasteiger charge is -2.26. The van der Waals surface area contributed by atoms with Crippen LogP contribution in [0.2, 0.25) is 0 Å². The second-order valence-corrected chi connectivity index (χ2v) is 7.12. The number of ether oxygens (including phenoxy) is 1. The lowest BCUT2D eigenvalue weighted by molar-refractivity contribution is -0.116. The lowest BCUT2D eigenvalue weighted by atomic mass is 9.83. The average Bonchev–Trinajstić information content (AvgIpc) is 3.20. The van der Waals surface area contributed by atoms with Gasteiger partial charge in [-0.25, -0.2) is 0 Å². The highest BCUT2D eigenvalue weighted by atomic mass is 16.5. The smallest absolute Gasteiger partial charge is 0.225 e. The molecular weight excluding hydrogens is 384 g/mol. The van der Waals surface area contributed by atoms with Gasteiger partial charge < -0.3 is 20.3 Å². The van der Waals surface area contributed by atoms with E-state index in [1.54, 1.807) is 10.9 Å². The summed E-state index contributed by atoms with van der Waals surface area (Å²) < 4.78 is 5.18. The number of hydrogen-bond acceptors (Lipinski definition) is 6. The number of nitrogens with zero attached hydrogens (tertiary/aromatic N) is 3. The molecule has 0 aliphatic carbocycles. The van der Waals surface area contributed by atoms with E-state index in [9.17, 15) is 15.0 Å². The molecule has 1 atom stereocenters. The van der Waals surface area contributed by atoms with Crippen LogP contribution in [0.15, 0.2) is 54.6 Å². The number of benzene rings is 3. The highest BCUT2D eigenvalue weighted by molar-refractivity contribution is 6.00. The van der Waals surface area contributed by atoms with Gasteiger partial charge >= 0.3 is 0 Å². The van der Waals surface area contributed by atoms with Crippen molar-refractivity contribution in [2.24, 2.45) is 0 Å². The number of phenolic OH excluding ortho intramolecular Hbond substituents is 2. The Kier molecular flexibility index (Phi) is 4.06. The number of phenols is 2. The zero-order valence-corrected chi connectivity index (χ0v) is 16.0. The Balaban J connectivity index is 1.72. The molecule has 0 bridgehead atoms. The van der Waals surface area contributed by atoms with E-state index >= 15 is 0 Å². The molecule has 0 saturated carbocycles. The van der Waals surface area contributed by atoms with Crippen LogP contribution in [0.5, 0.6) is 17.2 Å². The topological polar surface area (TPSA) is 110 Å². The average molecular weight is 402 g/mol. The van der Waals surface area contributed by atoms with Crippen LogP contribution in [-0.2, 0) is 4.79 Å². The third-order valence-corrected chi connectivity index (χ3v) is 5.29. The SMILES string of the molecule is COc1cc([C@H]2CC(=O)Nc3ccc4nn(-c5ccccc5)nc4c32)cc(O)c1O. The van der Waals surface area contributed by atoms with Gasteiger partial charge in [-0.15, -0.1) is 10.2 Å². The van der Waals surface area contributed by atoms with E-state index in [1.807, 2.05) is 42.5 Å². The van der Waals surface area contributed by atoms with Gasteiger partial charge in [-0.05, 0) is 42.0 Å². The first-order valence-corrected chi connectivity index (χ1v) is 9.40. The highest BCUT2D eigenvalue weighted by Crippen LogP contribution is 2.45. The number of amides is 1. The Morgan fingerprint density at radius 3 is 2.67 bits per heavy atom. The van der Waals surface area contributed by atoms with Crippen molar-refractivity contribution in [2.45, 2.75) is 12.3 Å². The van der Waals surface area contributed by atoms with Gasteiger partial charge in [0.05, 0.1) is 12.8 Å². The van der Waals surface area contributed by atoms with Crippen LogP contribution < -0.4 is 10.1 Å². The summed E-state index contributed by atoms with van der Waals surface area (Å²) in [6.07, 6.45) is 0.164. The number of methoxy groups -OCH3 is 1. The van der Waals surface area contributed by atoms with Crippen LogP contribution in [0.4, 0.5) is 5.69 Å². The largest absolute Gasteiger partial charge is 0.504 e. The first-order chi connectivity index (χ1) is 14.5. The molecule has 0 spiro atoms. The molecular formula is C22H18N4O4. The third kappa shape index (κ3) is 2.81. The molecule has 1 aromatic heterocycles. The summed E-state index contributed by atoms with van der Waals surface area (Å²) in [4.78, 5) is 13.9. The maximum absolute atomic E-state index is 12.4. The van der Waals surface area contributed by atoms with Crippen molar-refractivity contribution in [3.63, 3.8) is 0 Å². The van der Waals surface area contributed by atoms with Crippen LogP contribution in [0.25, 0.3) is 16.7 Å². The Bertz CT molecular complexity index is 1280. The van der Waals surface area contributed by atoms with Crippen molar-refractivity contribution >= 4 is 22.6 Å². The number of para-hydroxylation sites is 1. The maximum Gasteiger partial charge on any atom is 0.225 e. The molecule has 0 unspecified atom stereocenters. The molecule has 0 saturated heterocycles. The van der Waals surface area contributed by atoms with E-state index in [-0.39, 0.29) is 29.6 Å². The number of aromatic hydroxyl groups is 2. The Hall–Kier alpha value is -4.07. The first kappa shape index (κ1) is 18.0. The monoisotopic (exact) mass is 402 g/mol. The molecule has 2 heterocycles. The molecule has 8 heteroatoms. The quantitative estimate of drug-likeness (QED) is 0.454. The number of carbonyl (C=O) groups excluding carboxylic acids is 1. The van der Waals surface area contributed by atoms with E-state index < -0.39 is 5.92 Å². The molecule has 3 N–H and O–H groups in total. The number of hydrogen-bond donors (Lipinski definition) is 3. The van der Waals surface area contributed by atoms with Gasteiger partial charge in [-0.2, -0.15) is 4.80 Å². The fourth-order valence-electron chi connectivity index (χ4n) is 3.88. The van der Waals surface area contributed by atoms with Crippen molar-refractivity contribution < 1.29 is 19.7 Å². The Labute approximate surface area is 171 Å². The van der Waals surface area contributed by atoms with Gasteiger partial charge in [0.25, 0.3) is 0 Å². The highest BCUT2D eigenvalue weighted by Gasteiger charge is 2.31. The molecule has 5 rings (SSSR count). The van der Waals surface area contributed by atoms with Crippen LogP contribution >= 0.6 is 0 Å². The van der Waals surface area contributed by atoms with E-state index in [1.165, 1.54) is 13.2 Å². The summed E-state index contributed by atoms with van der Waals surface area (Å²) in [5.41, 5.74) is 4.27. The second-order valence-electron chi connectivity index (χ2n) is 7.12. The minimum atomic E-state index is -0.390.